The number of hydrogen-bond acceptors (Lipinski definition) is 13. The summed E-state index contributed by atoms with van der Waals surface area (Å²) in [5.74, 6) is -0.0417. The van der Waals surface area contributed by atoms with Crippen LogP contribution in [0.2, 0.25) is 0 Å². The lowest BCUT2D eigenvalue weighted by Gasteiger charge is -2.21. The molecule has 14 nitrogen and oxygen atoms in total. The van der Waals surface area contributed by atoms with Crippen LogP contribution < -0.4 is 27.8 Å². The number of fused-ring (bicyclic) bond motifs is 2. The Labute approximate surface area is 293 Å². The Kier molecular flexibility index (Phi) is 14.7. The molecule has 4 aromatic rings. The van der Waals surface area contributed by atoms with Crippen LogP contribution in [0.5, 0.6) is 0 Å². The van der Waals surface area contributed by atoms with Gasteiger partial charge in [-0.15, -0.1) is 22.7 Å². The van der Waals surface area contributed by atoms with Crippen molar-refractivity contribution in [1.29, 1.82) is 0 Å². The molecule has 4 rings (SSSR count). The van der Waals surface area contributed by atoms with Gasteiger partial charge in [0.15, 0.2) is 5.78 Å². The topological polar surface area (TPSA) is 235 Å². The van der Waals surface area contributed by atoms with Gasteiger partial charge in [-0.05, 0) is 86.1 Å². The first kappa shape index (κ1) is 40.6. The maximum atomic E-state index is 12.2. The van der Waals surface area contributed by atoms with Crippen LogP contribution in [0.3, 0.4) is 0 Å². The van der Waals surface area contributed by atoms with E-state index in [1.54, 1.807) is 83.5 Å². The monoisotopic (exact) mass is 717 g/mol. The predicted molar refractivity (Wildman–Crippen MR) is 195 cm³/mol. The lowest BCUT2D eigenvalue weighted by atomic mass is 10.1. The fraction of sp³-hybridized carbons (Fsp3) is 0.455. The average Bonchev–Trinajstić information content (AvgIpc) is 3.60. The van der Waals surface area contributed by atoms with E-state index < -0.39 is 41.4 Å². The summed E-state index contributed by atoms with van der Waals surface area (Å²) in [6, 6.07) is 6.32. The number of amides is 2. The van der Waals surface area contributed by atoms with Gasteiger partial charge in [0.2, 0.25) is 0 Å². The molecule has 268 valence electrons. The first-order chi connectivity index (χ1) is 22.7. The Morgan fingerprint density at radius 3 is 1.63 bits per heavy atom. The maximum Gasteiger partial charge on any atom is 0.408 e. The van der Waals surface area contributed by atoms with Crippen LogP contribution in [0.15, 0.2) is 36.7 Å². The van der Waals surface area contributed by atoms with Crippen molar-refractivity contribution in [3.8, 4) is 0 Å². The van der Waals surface area contributed by atoms with Gasteiger partial charge in [-0.25, -0.2) is 19.6 Å². The van der Waals surface area contributed by atoms with Crippen molar-refractivity contribution >= 4 is 78.4 Å². The van der Waals surface area contributed by atoms with E-state index in [2.05, 4.69) is 20.6 Å². The number of carboxylic acid groups (broad SMARTS) is 1. The normalized spacial score (nSPS) is 12.4. The first-order valence-corrected chi connectivity index (χ1v) is 17.0. The number of ether oxygens (including phenoxy) is 2. The summed E-state index contributed by atoms with van der Waals surface area (Å²) < 4.78 is 12.2. The second-order valence-corrected chi connectivity index (χ2v) is 15.2. The van der Waals surface area contributed by atoms with Crippen molar-refractivity contribution in [1.82, 2.24) is 20.6 Å². The molecule has 2 atom stereocenters. The summed E-state index contributed by atoms with van der Waals surface area (Å²) in [4.78, 5) is 55.5. The maximum absolute atomic E-state index is 12.2. The van der Waals surface area contributed by atoms with E-state index in [-0.39, 0.29) is 5.78 Å². The molecule has 16 heteroatoms. The number of nitrogen functional groups attached to an aromatic ring is 2. The zero-order chi connectivity index (χ0) is 37.1. The number of anilines is 2. The van der Waals surface area contributed by atoms with Crippen LogP contribution >= 0.6 is 22.7 Å². The lowest BCUT2D eigenvalue weighted by Crippen LogP contribution is -2.41. The summed E-state index contributed by atoms with van der Waals surface area (Å²) in [6.07, 6.45) is 3.05. The van der Waals surface area contributed by atoms with E-state index in [9.17, 15) is 19.2 Å². The molecule has 0 bridgehead atoms. The summed E-state index contributed by atoms with van der Waals surface area (Å²) in [5, 5.41) is 15.1. The highest BCUT2D eigenvalue weighted by Crippen LogP contribution is 2.29. The number of carbonyl (C=O) groups excluding carboxylic acids is 3. The molecule has 0 saturated carbocycles. The molecule has 0 spiro atoms. The summed E-state index contributed by atoms with van der Waals surface area (Å²) in [6.45, 7) is 14.1. The minimum Gasteiger partial charge on any atom is -0.480 e. The molecule has 0 aromatic carbocycles. The van der Waals surface area contributed by atoms with Gasteiger partial charge >= 0.3 is 18.2 Å². The number of pyridine rings is 2. The summed E-state index contributed by atoms with van der Waals surface area (Å²) in [5.41, 5.74) is 15.8. The Balaban J connectivity index is 0.000000281. The van der Waals surface area contributed by atoms with Gasteiger partial charge in [0.25, 0.3) is 0 Å². The number of aliphatic carboxylic acids is 1. The number of alkyl carbamates (subject to hydrolysis) is 2. The molecule has 4 heterocycles. The van der Waals surface area contributed by atoms with Crippen LogP contribution in [0.1, 0.15) is 71.6 Å². The standard InChI is InChI=1S/C17H23N3O3S.C8H9N3S.C8H15NO4/c1-10(20-16(22)23-17(2,3)4)13(21)6-5-11-9-12-14(24-11)7-8-19-15(12)18;9-4-5-3-6-7(12-5)1-2-11-8(6)10;1-5(6(10)11)9-7(12)13-8(2,3)4/h7-10H,5-6H2,1-4H3,(H2,18,19)(H,20,22);1-3H,4,9H2,(H2,10,11);5H,1-4H3,(H,9,12)(H,10,11)/t10-;;5-/m0.0/s1. The lowest BCUT2D eigenvalue weighted by molar-refractivity contribution is -0.139. The first-order valence-electron chi connectivity index (χ1n) is 15.4. The quantitative estimate of drug-likeness (QED) is 0.130. The second-order valence-electron chi connectivity index (χ2n) is 12.9. The van der Waals surface area contributed by atoms with Crippen molar-refractivity contribution in [3.05, 3.63) is 46.4 Å². The number of nitrogens with one attached hydrogen (secondary N) is 2. The molecule has 0 unspecified atom stereocenters. The highest BCUT2D eigenvalue weighted by Gasteiger charge is 2.22. The summed E-state index contributed by atoms with van der Waals surface area (Å²) >= 11 is 3.27. The van der Waals surface area contributed by atoms with Gasteiger partial charge in [0.1, 0.15) is 28.9 Å². The van der Waals surface area contributed by atoms with Crippen LogP contribution in [0, 0.1) is 0 Å². The van der Waals surface area contributed by atoms with Crippen molar-refractivity contribution in [2.75, 3.05) is 11.5 Å². The molecule has 0 saturated heterocycles. The number of nitrogens with zero attached hydrogens (tertiary/aromatic N) is 2. The molecule has 49 heavy (non-hydrogen) atoms. The Bertz CT molecular complexity index is 1740. The molecular formula is C33H47N7O7S2. The van der Waals surface area contributed by atoms with Gasteiger partial charge < -0.3 is 42.4 Å². The third-order valence-electron chi connectivity index (χ3n) is 6.19. The number of thiophene rings is 2. The number of carbonyl (C=O) groups is 4. The Morgan fingerprint density at radius 1 is 0.796 bits per heavy atom. The van der Waals surface area contributed by atoms with Gasteiger partial charge in [-0.1, -0.05) is 0 Å². The van der Waals surface area contributed by atoms with E-state index in [0.717, 1.165) is 29.9 Å². The molecule has 0 aliphatic carbocycles. The van der Waals surface area contributed by atoms with Crippen molar-refractivity contribution < 1.29 is 33.8 Å². The van der Waals surface area contributed by atoms with Gasteiger partial charge in [-0.3, -0.25) is 9.59 Å². The largest absolute Gasteiger partial charge is 0.480 e. The number of hydrogen-bond donors (Lipinski definition) is 6. The van der Waals surface area contributed by atoms with E-state index in [4.69, 9.17) is 31.8 Å². The zero-order valence-corrected chi connectivity index (χ0v) is 30.7. The third-order valence-corrected chi connectivity index (χ3v) is 8.48. The fourth-order valence-corrected chi connectivity index (χ4v) is 5.88. The van der Waals surface area contributed by atoms with Crippen molar-refractivity contribution in [2.45, 2.75) is 98.1 Å². The van der Waals surface area contributed by atoms with Gasteiger partial charge in [0, 0.05) is 55.3 Å². The van der Waals surface area contributed by atoms with E-state index in [0.29, 0.717) is 31.0 Å². The van der Waals surface area contributed by atoms with Crippen LogP contribution in [0.4, 0.5) is 21.2 Å². The minimum absolute atomic E-state index is 0.0376. The second kappa shape index (κ2) is 17.7. The van der Waals surface area contributed by atoms with Crippen molar-refractivity contribution in [2.24, 2.45) is 5.73 Å². The highest BCUT2D eigenvalue weighted by molar-refractivity contribution is 7.19. The highest BCUT2D eigenvalue weighted by atomic mass is 32.1. The fourth-order valence-electron chi connectivity index (χ4n) is 3.87. The number of ketones is 1. The Hall–Kier alpha value is -4.54. The van der Waals surface area contributed by atoms with Crippen LogP contribution in [0.25, 0.3) is 20.2 Å². The summed E-state index contributed by atoms with van der Waals surface area (Å²) in [7, 11) is 0. The van der Waals surface area contributed by atoms with Crippen LogP contribution in [-0.4, -0.2) is 62.3 Å². The van der Waals surface area contributed by atoms with Crippen molar-refractivity contribution in [3.63, 3.8) is 0 Å². The number of aryl methyl sites for hydroxylation is 1. The SMILES string of the molecule is C[C@H](NC(=O)OC(C)(C)C)C(=O)CCc1cc2c(N)nccc2s1.C[C@H](NC(=O)OC(C)(C)C)C(=O)O.NCc1cc2c(N)nccc2s1. The molecule has 0 fully saturated rings. The predicted octanol–water partition coefficient (Wildman–Crippen LogP) is 5.61. The van der Waals surface area contributed by atoms with Gasteiger partial charge in [-0.2, -0.15) is 0 Å². The molecule has 0 radical (unpaired) electrons. The number of rotatable bonds is 8. The number of Topliss-reactive ketones (excluding diaryl/α,β-unsaturated/α-hetero) is 1. The molecule has 4 aromatic heterocycles. The molecule has 9 N–H and O–H groups in total. The minimum atomic E-state index is -1.09. The molecular weight excluding hydrogens is 671 g/mol. The smallest absolute Gasteiger partial charge is 0.408 e. The number of aromatic nitrogens is 2. The van der Waals surface area contributed by atoms with E-state index >= 15 is 0 Å². The average molecular weight is 718 g/mol. The van der Waals surface area contributed by atoms with Gasteiger partial charge in [0.05, 0.1) is 6.04 Å². The van der Waals surface area contributed by atoms with Crippen LogP contribution in [-0.2, 0) is 32.0 Å². The number of nitrogens with two attached hydrogens (primary N) is 3. The van der Waals surface area contributed by atoms with E-state index in [1.165, 1.54) is 6.92 Å². The molecule has 2 amide bonds. The number of carboxylic acids is 1. The molecule has 0 aliphatic rings. The molecule has 0 aliphatic heterocycles. The third kappa shape index (κ3) is 14.2. The Morgan fingerprint density at radius 2 is 1.22 bits per heavy atom. The van der Waals surface area contributed by atoms with E-state index in [1.807, 2.05) is 24.3 Å². The zero-order valence-electron chi connectivity index (χ0n) is 29.1.